The highest BCUT2D eigenvalue weighted by Crippen LogP contribution is 2.25. The summed E-state index contributed by atoms with van der Waals surface area (Å²) in [6, 6.07) is 0. The van der Waals surface area contributed by atoms with Crippen LogP contribution in [0.4, 0.5) is 0 Å². The number of hydrogen-bond donors (Lipinski definition) is 4. The molecular weight excluding hydrogens is 423 g/mol. The van der Waals surface area contributed by atoms with Crippen molar-refractivity contribution < 1.29 is 29.1 Å². The van der Waals surface area contributed by atoms with Gasteiger partial charge in [-0.2, -0.15) is 11.8 Å². The zero-order chi connectivity index (χ0) is 22.9. The van der Waals surface area contributed by atoms with Crippen molar-refractivity contribution in [2.75, 3.05) is 25.2 Å². The van der Waals surface area contributed by atoms with Crippen LogP contribution >= 0.6 is 19.6 Å². The van der Waals surface area contributed by atoms with E-state index in [9.17, 15) is 0 Å². The molecule has 4 N–H and O–H groups in total. The fraction of sp³-hybridized carbons (Fsp3) is 1.00. The average molecular weight is 473 g/mol. The Morgan fingerprint density at radius 3 is 1.53 bits per heavy atom. The Kier molecular flexibility index (Phi) is 27.8. The highest BCUT2D eigenvalue weighted by atomic mass is 32.2. The van der Waals surface area contributed by atoms with E-state index < -0.39 is 7.82 Å². The molecule has 0 aromatic carbocycles. The average Bonchev–Trinajstić information content (AvgIpc) is 2.68. The summed E-state index contributed by atoms with van der Waals surface area (Å²) in [5.41, 5.74) is 0. The van der Waals surface area contributed by atoms with Crippen LogP contribution in [0, 0.1) is 0 Å². The number of aliphatic hydroxyl groups is 1. The first kappa shape index (κ1) is 32.6. The molecule has 0 spiro atoms. The molecule has 0 aliphatic rings. The van der Waals surface area contributed by atoms with Gasteiger partial charge >= 0.3 is 7.82 Å². The number of rotatable bonds is 21. The van der Waals surface area contributed by atoms with E-state index in [0.29, 0.717) is 12.7 Å². The van der Waals surface area contributed by atoms with Gasteiger partial charge in [0, 0.05) is 19.5 Å². The third-order valence-electron chi connectivity index (χ3n) is 4.96. The number of unbranched alkanes of at least 4 members (excludes halogenated alkanes) is 13. The van der Waals surface area contributed by atoms with Gasteiger partial charge in [0.1, 0.15) is 0 Å². The van der Waals surface area contributed by atoms with Crippen molar-refractivity contribution in [2.24, 2.45) is 0 Å². The van der Waals surface area contributed by atoms with E-state index in [2.05, 4.69) is 6.92 Å². The Morgan fingerprint density at radius 2 is 1.17 bits per heavy atom. The van der Waals surface area contributed by atoms with Crippen LogP contribution in [0.15, 0.2) is 0 Å². The van der Waals surface area contributed by atoms with Crippen LogP contribution in [-0.2, 0) is 9.30 Å². The van der Waals surface area contributed by atoms with Crippen molar-refractivity contribution in [1.82, 2.24) is 0 Å². The Labute approximate surface area is 189 Å². The Bertz CT molecular complexity index is 359. The van der Waals surface area contributed by atoms with Gasteiger partial charge in [0.25, 0.3) is 0 Å². The summed E-state index contributed by atoms with van der Waals surface area (Å²) in [5.74, 6) is 2.13. The molecule has 0 saturated carbocycles. The van der Waals surface area contributed by atoms with Crippen LogP contribution in [-0.4, -0.2) is 51.1 Å². The third-order valence-corrected chi connectivity index (χ3v) is 6.15. The van der Waals surface area contributed by atoms with Gasteiger partial charge in [0.2, 0.25) is 0 Å². The van der Waals surface area contributed by atoms with Crippen molar-refractivity contribution >= 4 is 19.6 Å². The van der Waals surface area contributed by atoms with Crippen LogP contribution in [0.5, 0.6) is 0 Å². The lowest BCUT2D eigenvalue weighted by Gasteiger charge is -2.14. The predicted octanol–water partition coefficient (Wildman–Crippen LogP) is 6.06. The summed E-state index contributed by atoms with van der Waals surface area (Å²) in [6.45, 7) is 2.60. The molecule has 0 amide bonds. The van der Waals surface area contributed by atoms with Crippen molar-refractivity contribution in [3.8, 4) is 0 Å². The van der Waals surface area contributed by atoms with Crippen LogP contribution in [0.25, 0.3) is 0 Å². The highest BCUT2D eigenvalue weighted by molar-refractivity contribution is 7.99. The number of hydrogen-bond acceptors (Lipinski definition) is 4. The number of ether oxygens (including phenoxy) is 1. The van der Waals surface area contributed by atoms with Crippen LogP contribution < -0.4 is 0 Å². The fourth-order valence-electron chi connectivity index (χ4n) is 3.22. The van der Waals surface area contributed by atoms with E-state index in [-0.39, 0.29) is 0 Å². The van der Waals surface area contributed by atoms with Gasteiger partial charge in [-0.05, 0) is 18.6 Å². The van der Waals surface area contributed by atoms with E-state index in [1.165, 1.54) is 96.3 Å². The Hall–Kier alpha value is 0.380. The second-order valence-electron chi connectivity index (χ2n) is 7.91. The minimum absolute atomic E-state index is 0.309. The van der Waals surface area contributed by atoms with Gasteiger partial charge in [-0.3, -0.25) is 0 Å². The summed E-state index contributed by atoms with van der Waals surface area (Å²) in [5, 5.41) is 8.79. The molecule has 6 nitrogen and oxygen atoms in total. The van der Waals surface area contributed by atoms with E-state index >= 15 is 0 Å². The van der Waals surface area contributed by atoms with E-state index in [4.69, 9.17) is 29.1 Å². The molecule has 0 bridgehead atoms. The topological polar surface area (TPSA) is 107 Å². The maximum Gasteiger partial charge on any atom is 0.466 e. The molecule has 0 aliphatic carbocycles. The molecule has 0 saturated heterocycles. The lowest BCUT2D eigenvalue weighted by molar-refractivity contribution is 0.112. The largest absolute Gasteiger partial charge is 0.466 e. The summed E-state index contributed by atoms with van der Waals surface area (Å²) in [4.78, 5) is 21.6. The zero-order valence-electron chi connectivity index (χ0n) is 19.5. The third kappa shape index (κ3) is 35.8. The van der Waals surface area contributed by atoms with Crippen molar-refractivity contribution in [3.63, 3.8) is 0 Å². The first-order chi connectivity index (χ1) is 14.3. The Balaban J connectivity index is 0. The van der Waals surface area contributed by atoms with Crippen LogP contribution in [0.3, 0.4) is 0 Å². The summed E-state index contributed by atoms with van der Waals surface area (Å²) < 4.78 is 14.4. The molecule has 0 radical (unpaired) electrons. The SMILES string of the molecule is CCCCCCCCCCCCCCCCC(CSCCCO)OC.O=P(O)(O)O. The monoisotopic (exact) mass is 472 g/mol. The van der Waals surface area contributed by atoms with E-state index in [0.717, 1.165) is 17.9 Å². The molecule has 8 heteroatoms. The number of thioether (sulfide) groups is 1. The van der Waals surface area contributed by atoms with E-state index in [1.54, 1.807) is 0 Å². The molecule has 0 aliphatic heterocycles. The van der Waals surface area contributed by atoms with Gasteiger partial charge in [-0.1, -0.05) is 96.8 Å². The number of phosphoric acid groups is 1. The number of aliphatic hydroxyl groups excluding tert-OH is 1. The second kappa shape index (κ2) is 25.6. The quantitative estimate of drug-likeness (QED) is 0.119. The van der Waals surface area contributed by atoms with Gasteiger partial charge in [-0.15, -0.1) is 0 Å². The molecule has 0 heterocycles. The predicted molar refractivity (Wildman–Crippen MR) is 129 cm³/mol. The number of methoxy groups -OCH3 is 1. The molecule has 1 unspecified atom stereocenters. The molecule has 0 rings (SSSR count). The molecule has 0 aromatic rings. The van der Waals surface area contributed by atoms with Gasteiger partial charge in [0.15, 0.2) is 0 Å². The lowest BCUT2D eigenvalue weighted by atomic mass is 10.0. The van der Waals surface area contributed by atoms with Gasteiger partial charge < -0.3 is 24.5 Å². The standard InChI is InChI=1S/C22H46O2S.H3O4P/c1-3-4-5-6-7-8-9-10-11-12-13-14-15-16-18-22(24-2)21-25-20-17-19-23;1-5(2,3)4/h22-23H,3-21H2,1-2H3;(H3,1,2,3,4). The van der Waals surface area contributed by atoms with E-state index in [1.807, 2.05) is 18.9 Å². The maximum absolute atomic E-state index is 8.88. The van der Waals surface area contributed by atoms with Gasteiger partial charge in [0.05, 0.1) is 6.10 Å². The molecule has 1 atom stereocenters. The smallest absolute Gasteiger partial charge is 0.396 e. The molecular formula is C22H49O6PS. The maximum atomic E-state index is 8.88. The molecule has 0 fully saturated rings. The lowest BCUT2D eigenvalue weighted by Crippen LogP contribution is -2.14. The zero-order valence-corrected chi connectivity index (χ0v) is 21.2. The minimum atomic E-state index is -4.64. The normalized spacial score (nSPS) is 12.5. The summed E-state index contributed by atoms with van der Waals surface area (Å²) >= 11 is 1.91. The highest BCUT2D eigenvalue weighted by Gasteiger charge is 2.06. The van der Waals surface area contributed by atoms with Gasteiger partial charge in [-0.25, -0.2) is 4.57 Å². The molecule has 30 heavy (non-hydrogen) atoms. The first-order valence-electron chi connectivity index (χ1n) is 11.8. The van der Waals surface area contributed by atoms with Crippen molar-refractivity contribution in [1.29, 1.82) is 0 Å². The fourth-order valence-corrected chi connectivity index (χ4v) is 4.28. The second-order valence-corrected chi connectivity index (χ2v) is 10.1. The van der Waals surface area contributed by atoms with Crippen molar-refractivity contribution in [2.45, 2.75) is 116 Å². The van der Waals surface area contributed by atoms with Crippen LogP contribution in [0.1, 0.15) is 110 Å². The summed E-state index contributed by atoms with van der Waals surface area (Å²) in [7, 11) is -2.80. The minimum Gasteiger partial charge on any atom is -0.396 e. The molecule has 0 aromatic heterocycles. The van der Waals surface area contributed by atoms with Crippen LogP contribution in [0.2, 0.25) is 0 Å². The Morgan fingerprint density at radius 1 is 0.767 bits per heavy atom. The first-order valence-corrected chi connectivity index (χ1v) is 14.6. The molecule has 184 valence electrons. The van der Waals surface area contributed by atoms with Crippen molar-refractivity contribution in [3.05, 3.63) is 0 Å². The summed E-state index contributed by atoms with van der Waals surface area (Å²) in [6.07, 6.45) is 22.3.